The maximum Gasteiger partial charge on any atom is 0.272 e. The number of benzene rings is 2. The molecule has 4 N–H and O–H groups in total. The number of nitrogens with zero attached hydrogens (tertiary/aromatic N) is 4. The normalized spacial score (nSPS) is 10.2. The fourth-order valence-corrected chi connectivity index (χ4v) is 2.07. The molecule has 1 heterocycles. The molecule has 6 heteroatoms. The number of nitrogens with two attached hydrogens (primary N) is 2. The molecule has 0 aliphatic carbocycles. The predicted octanol–water partition coefficient (Wildman–Crippen LogP) is 2.11. The second kappa shape index (κ2) is 6.01. The quantitative estimate of drug-likeness (QED) is 0.568. The minimum atomic E-state index is -0.103. The standard InChI is InChI=1S/C16H14N6/c17-15(18)20-16-19-13(11-7-3-1-4-8-11)14(21-22-16)12-9-5-2-6-10-12/h1-10H,(H4,17,18,19,20,22). The Morgan fingerprint density at radius 2 is 1.27 bits per heavy atom. The second-order valence-corrected chi connectivity index (χ2v) is 4.58. The van der Waals surface area contributed by atoms with E-state index >= 15 is 0 Å². The van der Waals surface area contributed by atoms with E-state index < -0.39 is 0 Å². The number of hydrogen-bond acceptors (Lipinski definition) is 4. The number of guanidine groups is 1. The molecular weight excluding hydrogens is 276 g/mol. The first kappa shape index (κ1) is 13.7. The molecule has 0 saturated carbocycles. The predicted molar refractivity (Wildman–Crippen MR) is 86.2 cm³/mol. The topological polar surface area (TPSA) is 103 Å². The summed E-state index contributed by atoms with van der Waals surface area (Å²) in [7, 11) is 0. The van der Waals surface area contributed by atoms with Crippen molar-refractivity contribution in [3.05, 3.63) is 60.7 Å². The van der Waals surface area contributed by atoms with Crippen molar-refractivity contribution in [2.24, 2.45) is 16.5 Å². The van der Waals surface area contributed by atoms with Crippen molar-refractivity contribution in [3.8, 4) is 22.5 Å². The van der Waals surface area contributed by atoms with Gasteiger partial charge in [0.2, 0.25) is 0 Å². The average Bonchev–Trinajstić information content (AvgIpc) is 2.56. The van der Waals surface area contributed by atoms with Crippen LogP contribution in [-0.2, 0) is 0 Å². The van der Waals surface area contributed by atoms with Crippen LogP contribution in [0, 0.1) is 0 Å². The summed E-state index contributed by atoms with van der Waals surface area (Å²) < 4.78 is 0. The van der Waals surface area contributed by atoms with Gasteiger partial charge in [-0.25, -0.2) is 4.98 Å². The largest absolute Gasteiger partial charge is 0.370 e. The lowest BCUT2D eigenvalue weighted by atomic mass is 10.0. The lowest BCUT2D eigenvalue weighted by molar-refractivity contribution is 0.973. The second-order valence-electron chi connectivity index (χ2n) is 4.58. The Labute approximate surface area is 127 Å². The highest BCUT2D eigenvalue weighted by atomic mass is 15.2. The summed E-state index contributed by atoms with van der Waals surface area (Å²) in [5.41, 5.74) is 14.0. The van der Waals surface area contributed by atoms with E-state index in [0.29, 0.717) is 11.4 Å². The van der Waals surface area contributed by atoms with E-state index in [9.17, 15) is 0 Å². The van der Waals surface area contributed by atoms with Gasteiger partial charge in [-0.05, 0) is 0 Å². The van der Waals surface area contributed by atoms with Gasteiger partial charge < -0.3 is 11.5 Å². The molecule has 108 valence electrons. The first-order chi connectivity index (χ1) is 10.7. The number of hydrogen-bond donors (Lipinski definition) is 2. The third-order valence-electron chi connectivity index (χ3n) is 3.00. The molecule has 0 aliphatic rings. The Morgan fingerprint density at radius 3 is 1.82 bits per heavy atom. The van der Waals surface area contributed by atoms with Gasteiger partial charge in [-0.1, -0.05) is 60.7 Å². The molecule has 1 aromatic heterocycles. The van der Waals surface area contributed by atoms with Crippen LogP contribution in [0.5, 0.6) is 0 Å². The highest BCUT2D eigenvalue weighted by Crippen LogP contribution is 2.28. The van der Waals surface area contributed by atoms with Crippen LogP contribution in [0.1, 0.15) is 0 Å². The molecule has 0 unspecified atom stereocenters. The summed E-state index contributed by atoms with van der Waals surface area (Å²) >= 11 is 0. The lowest BCUT2D eigenvalue weighted by Crippen LogP contribution is -2.22. The summed E-state index contributed by atoms with van der Waals surface area (Å²) in [4.78, 5) is 8.31. The van der Waals surface area contributed by atoms with Gasteiger partial charge in [-0.2, -0.15) is 4.99 Å². The first-order valence-corrected chi connectivity index (χ1v) is 6.69. The van der Waals surface area contributed by atoms with Crippen LogP contribution in [0.3, 0.4) is 0 Å². The van der Waals surface area contributed by atoms with Crippen molar-refractivity contribution in [1.29, 1.82) is 0 Å². The first-order valence-electron chi connectivity index (χ1n) is 6.69. The number of aromatic nitrogens is 3. The molecule has 3 aromatic rings. The zero-order valence-corrected chi connectivity index (χ0v) is 11.7. The Morgan fingerprint density at radius 1 is 0.727 bits per heavy atom. The fraction of sp³-hybridized carbons (Fsp3) is 0. The minimum Gasteiger partial charge on any atom is -0.370 e. The zero-order valence-electron chi connectivity index (χ0n) is 11.7. The van der Waals surface area contributed by atoms with Crippen LogP contribution >= 0.6 is 0 Å². The summed E-state index contributed by atoms with van der Waals surface area (Å²) in [6.45, 7) is 0. The van der Waals surface area contributed by atoms with Gasteiger partial charge >= 0.3 is 0 Å². The van der Waals surface area contributed by atoms with E-state index in [2.05, 4.69) is 20.2 Å². The molecule has 0 spiro atoms. The fourth-order valence-electron chi connectivity index (χ4n) is 2.07. The van der Waals surface area contributed by atoms with Crippen molar-refractivity contribution in [3.63, 3.8) is 0 Å². The van der Waals surface area contributed by atoms with Gasteiger partial charge in [-0.3, -0.25) is 0 Å². The Kier molecular flexibility index (Phi) is 3.74. The van der Waals surface area contributed by atoms with E-state index in [0.717, 1.165) is 11.1 Å². The Bertz CT molecular complexity index is 795. The molecule has 6 nitrogen and oxygen atoms in total. The molecule has 0 amide bonds. The lowest BCUT2D eigenvalue weighted by Gasteiger charge is -2.08. The van der Waals surface area contributed by atoms with Gasteiger partial charge in [-0.15, -0.1) is 10.2 Å². The van der Waals surface area contributed by atoms with Crippen LogP contribution in [0.2, 0.25) is 0 Å². The van der Waals surface area contributed by atoms with E-state index in [-0.39, 0.29) is 11.9 Å². The Balaban J connectivity index is 2.20. The van der Waals surface area contributed by atoms with Crippen molar-refractivity contribution in [2.45, 2.75) is 0 Å². The zero-order chi connectivity index (χ0) is 15.4. The van der Waals surface area contributed by atoms with Gasteiger partial charge in [0.05, 0.1) is 0 Å². The molecule has 0 saturated heterocycles. The third-order valence-corrected chi connectivity index (χ3v) is 3.00. The SMILES string of the molecule is NC(N)=Nc1nnc(-c2ccccc2)c(-c2ccccc2)n1. The van der Waals surface area contributed by atoms with Crippen molar-refractivity contribution < 1.29 is 0 Å². The molecule has 0 fully saturated rings. The summed E-state index contributed by atoms with van der Waals surface area (Å²) in [5, 5.41) is 8.22. The number of aliphatic imine (C=N–C) groups is 1. The molecule has 0 atom stereocenters. The van der Waals surface area contributed by atoms with Gasteiger partial charge in [0, 0.05) is 11.1 Å². The van der Waals surface area contributed by atoms with E-state index in [1.165, 1.54) is 0 Å². The van der Waals surface area contributed by atoms with Gasteiger partial charge in [0.25, 0.3) is 5.95 Å². The maximum absolute atomic E-state index is 5.38. The molecule has 22 heavy (non-hydrogen) atoms. The van der Waals surface area contributed by atoms with Crippen LogP contribution in [-0.4, -0.2) is 21.1 Å². The van der Waals surface area contributed by atoms with Crippen LogP contribution in [0.25, 0.3) is 22.5 Å². The average molecular weight is 290 g/mol. The summed E-state index contributed by atoms with van der Waals surface area (Å²) in [6, 6.07) is 19.5. The molecule has 2 aromatic carbocycles. The van der Waals surface area contributed by atoms with Crippen LogP contribution in [0.4, 0.5) is 5.95 Å². The smallest absolute Gasteiger partial charge is 0.272 e. The van der Waals surface area contributed by atoms with Crippen molar-refractivity contribution in [2.75, 3.05) is 0 Å². The molecular formula is C16H14N6. The minimum absolute atomic E-state index is 0.103. The summed E-state index contributed by atoms with van der Waals surface area (Å²) in [5.74, 6) is 0.0341. The monoisotopic (exact) mass is 290 g/mol. The summed E-state index contributed by atoms with van der Waals surface area (Å²) in [6.07, 6.45) is 0. The highest BCUT2D eigenvalue weighted by molar-refractivity contribution is 5.80. The number of rotatable bonds is 3. The van der Waals surface area contributed by atoms with Crippen molar-refractivity contribution >= 4 is 11.9 Å². The van der Waals surface area contributed by atoms with E-state index in [4.69, 9.17) is 11.5 Å². The van der Waals surface area contributed by atoms with Crippen molar-refractivity contribution in [1.82, 2.24) is 15.2 Å². The molecule has 0 radical (unpaired) electrons. The third kappa shape index (κ3) is 2.90. The molecule has 0 bridgehead atoms. The maximum atomic E-state index is 5.38. The Hall–Kier alpha value is -3.28. The van der Waals surface area contributed by atoms with Gasteiger partial charge in [0.15, 0.2) is 5.96 Å². The molecule has 3 rings (SSSR count). The van der Waals surface area contributed by atoms with Crippen LogP contribution in [0.15, 0.2) is 65.7 Å². The highest BCUT2D eigenvalue weighted by Gasteiger charge is 2.13. The van der Waals surface area contributed by atoms with E-state index in [1.807, 2.05) is 60.7 Å². The van der Waals surface area contributed by atoms with E-state index in [1.54, 1.807) is 0 Å². The van der Waals surface area contributed by atoms with Gasteiger partial charge in [0.1, 0.15) is 11.4 Å². The molecule has 0 aliphatic heterocycles. The van der Waals surface area contributed by atoms with Crippen LogP contribution < -0.4 is 11.5 Å².